The molecule has 5 heteroatoms. The highest BCUT2D eigenvalue weighted by molar-refractivity contribution is 6.30. The first-order valence-corrected chi connectivity index (χ1v) is 11.5. The van der Waals surface area contributed by atoms with Crippen LogP contribution >= 0.6 is 11.6 Å². The van der Waals surface area contributed by atoms with Crippen LogP contribution in [0.25, 0.3) is 22.1 Å². The number of esters is 1. The van der Waals surface area contributed by atoms with E-state index >= 15 is 0 Å². The summed E-state index contributed by atoms with van der Waals surface area (Å²) in [4.78, 5) is 27.0. The number of carbonyl (C=O) groups is 2. The van der Waals surface area contributed by atoms with Crippen molar-refractivity contribution in [1.29, 1.82) is 0 Å². The summed E-state index contributed by atoms with van der Waals surface area (Å²) in [7, 11) is 1.30. The van der Waals surface area contributed by atoms with Gasteiger partial charge in [0.1, 0.15) is 17.1 Å². The molecule has 0 aliphatic carbocycles. The molecule has 0 atom stereocenters. The number of rotatable bonds is 6. The highest BCUT2D eigenvalue weighted by Crippen LogP contribution is 2.38. The van der Waals surface area contributed by atoms with Crippen LogP contribution in [0.4, 0.5) is 0 Å². The lowest BCUT2D eigenvalue weighted by Gasteiger charge is -2.07. The van der Waals surface area contributed by atoms with Gasteiger partial charge in [-0.3, -0.25) is 4.79 Å². The standard InChI is InChI=1S/C30H21ClO4/c1-34-30(33)27-26(28(32)21-14-16-22(31)17-15-21)25(18-19-8-3-2-4-9-19)35-29(27)24-13-7-11-20-10-5-6-12-23(20)24/h2-17H,18H2,1H3. The summed E-state index contributed by atoms with van der Waals surface area (Å²) in [5.41, 5.74) is 2.39. The first kappa shape index (κ1) is 22.6. The quantitative estimate of drug-likeness (QED) is 0.188. The van der Waals surface area contributed by atoms with Crippen LogP contribution in [-0.4, -0.2) is 18.9 Å². The number of hydrogen-bond acceptors (Lipinski definition) is 4. The van der Waals surface area contributed by atoms with Crippen LogP contribution in [0.5, 0.6) is 0 Å². The SMILES string of the molecule is COC(=O)c1c(-c2cccc3ccccc23)oc(Cc2ccccc2)c1C(=O)c1ccc(Cl)cc1. The van der Waals surface area contributed by atoms with Crippen molar-refractivity contribution in [2.45, 2.75) is 6.42 Å². The number of fused-ring (bicyclic) bond motifs is 1. The summed E-state index contributed by atoms with van der Waals surface area (Å²) in [6.45, 7) is 0. The van der Waals surface area contributed by atoms with E-state index in [-0.39, 0.29) is 16.9 Å². The Morgan fingerprint density at radius 2 is 1.49 bits per heavy atom. The molecule has 0 aliphatic heterocycles. The zero-order valence-corrected chi connectivity index (χ0v) is 19.7. The van der Waals surface area contributed by atoms with Gasteiger partial charge in [-0.2, -0.15) is 0 Å². The Kier molecular flexibility index (Phi) is 6.21. The largest absolute Gasteiger partial charge is 0.465 e. The van der Waals surface area contributed by atoms with Crippen LogP contribution in [0, 0.1) is 0 Å². The maximum atomic E-state index is 13.8. The maximum Gasteiger partial charge on any atom is 0.342 e. The van der Waals surface area contributed by atoms with Crippen molar-refractivity contribution >= 4 is 34.1 Å². The molecule has 0 amide bonds. The van der Waals surface area contributed by atoms with Crippen LogP contribution in [0.2, 0.25) is 5.02 Å². The van der Waals surface area contributed by atoms with Gasteiger partial charge >= 0.3 is 5.97 Å². The summed E-state index contributed by atoms with van der Waals surface area (Å²) in [6, 6.07) is 29.9. The molecule has 172 valence electrons. The number of ether oxygens (including phenoxy) is 1. The third-order valence-electron chi connectivity index (χ3n) is 5.95. The van der Waals surface area contributed by atoms with Crippen LogP contribution in [-0.2, 0) is 11.2 Å². The molecular formula is C30H21ClO4. The molecule has 0 unspecified atom stereocenters. The number of methoxy groups -OCH3 is 1. The lowest BCUT2D eigenvalue weighted by Crippen LogP contribution is -2.12. The molecule has 1 aromatic heterocycles. The lowest BCUT2D eigenvalue weighted by molar-refractivity contribution is 0.0598. The van der Waals surface area contributed by atoms with Crippen LogP contribution < -0.4 is 0 Å². The fourth-order valence-electron chi connectivity index (χ4n) is 4.28. The molecule has 5 rings (SSSR count). The van der Waals surface area contributed by atoms with Gasteiger partial charge in [0.2, 0.25) is 0 Å². The van der Waals surface area contributed by atoms with E-state index in [4.69, 9.17) is 20.8 Å². The lowest BCUT2D eigenvalue weighted by atomic mass is 9.93. The normalized spacial score (nSPS) is 10.9. The molecule has 0 saturated carbocycles. The highest BCUT2D eigenvalue weighted by Gasteiger charge is 2.32. The second kappa shape index (κ2) is 9.61. The van der Waals surface area contributed by atoms with Crippen molar-refractivity contribution in [3.63, 3.8) is 0 Å². The Balaban J connectivity index is 1.79. The molecule has 0 bridgehead atoms. The monoisotopic (exact) mass is 480 g/mol. The second-order valence-corrected chi connectivity index (χ2v) is 8.56. The Morgan fingerprint density at radius 3 is 2.23 bits per heavy atom. The third-order valence-corrected chi connectivity index (χ3v) is 6.20. The van der Waals surface area contributed by atoms with Gasteiger partial charge in [-0.15, -0.1) is 0 Å². The van der Waals surface area contributed by atoms with Gasteiger partial charge in [-0.25, -0.2) is 4.79 Å². The van der Waals surface area contributed by atoms with Gasteiger partial charge in [0.25, 0.3) is 0 Å². The first-order chi connectivity index (χ1) is 17.1. The molecule has 0 fully saturated rings. The average molecular weight is 481 g/mol. The van der Waals surface area contributed by atoms with Gasteiger partial charge in [0.15, 0.2) is 5.78 Å². The first-order valence-electron chi connectivity index (χ1n) is 11.1. The number of benzene rings is 4. The molecule has 4 aromatic carbocycles. The molecule has 5 aromatic rings. The summed E-state index contributed by atoms with van der Waals surface area (Å²) in [5, 5.41) is 2.42. The van der Waals surface area contributed by atoms with Crippen molar-refractivity contribution in [3.8, 4) is 11.3 Å². The molecule has 0 saturated heterocycles. The fourth-order valence-corrected chi connectivity index (χ4v) is 4.41. The minimum Gasteiger partial charge on any atom is -0.465 e. The molecule has 1 heterocycles. The highest BCUT2D eigenvalue weighted by atomic mass is 35.5. The minimum atomic E-state index is -0.631. The smallest absolute Gasteiger partial charge is 0.342 e. The van der Waals surface area contributed by atoms with E-state index in [0.29, 0.717) is 34.1 Å². The summed E-state index contributed by atoms with van der Waals surface area (Å²) in [6.07, 6.45) is 0.338. The van der Waals surface area contributed by atoms with Crippen LogP contribution in [0.3, 0.4) is 0 Å². The summed E-state index contributed by atoms with van der Waals surface area (Å²) < 4.78 is 11.5. The number of hydrogen-bond donors (Lipinski definition) is 0. The number of furan rings is 1. The predicted octanol–water partition coefficient (Wildman–Crippen LogP) is 7.36. The van der Waals surface area contributed by atoms with Gasteiger partial charge in [-0.05, 0) is 40.6 Å². The Hall–Kier alpha value is -4.15. The van der Waals surface area contributed by atoms with Gasteiger partial charge in [0.05, 0.1) is 12.7 Å². The van der Waals surface area contributed by atoms with Crippen LogP contribution in [0.1, 0.15) is 37.6 Å². The second-order valence-electron chi connectivity index (χ2n) is 8.12. The predicted molar refractivity (Wildman–Crippen MR) is 137 cm³/mol. The topological polar surface area (TPSA) is 56.5 Å². The maximum absolute atomic E-state index is 13.8. The van der Waals surface area contributed by atoms with E-state index in [9.17, 15) is 9.59 Å². The molecular weight excluding hydrogens is 460 g/mol. The third kappa shape index (κ3) is 4.36. The van der Waals surface area contributed by atoms with Crippen molar-refractivity contribution in [1.82, 2.24) is 0 Å². The van der Waals surface area contributed by atoms with Gasteiger partial charge in [0, 0.05) is 22.6 Å². The average Bonchev–Trinajstić information content (AvgIpc) is 3.27. The fraction of sp³-hybridized carbons (Fsp3) is 0.0667. The minimum absolute atomic E-state index is 0.120. The van der Waals surface area contributed by atoms with E-state index < -0.39 is 5.97 Å². The number of carbonyl (C=O) groups excluding carboxylic acids is 2. The molecule has 0 aliphatic rings. The van der Waals surface area contributed by atoms with E-state index in [0.717, 1.165) is 16.3 Å². The molecule has 35 heavy (non-hydrogen) atoms. The van der Waals surface area contributed by atoms with Crippen molar-refractivity contribution < 1.29 is 18.7 Å². The zero-order valence-electron chi connectivity index (χ0n) is 19.0. The molecule has 4 nitrogen and oxygen atoms in total. The van der Waals surface area contributed by atoms with Crippen molar-refractivity contribution in [3.05, 3.63) is 130 Å². The summed E-state index contributed by atoms with van der Waals surface area (Å²) >= 11 is 6.04. The number of halogens is 1. The zero-order chi connectivity index (χ0) is 24.4. The van der Waals surface area contributed by atoms with E-state index in [1.165, 1.54) is 7.11 Å². The summed E-state index contributed by atoms with van der Waals surface area (Å²) in [5.74, 6) is -0.243. The number of ketones is 1. The Morgan fingerprint density at radius 1 is 0.800 bits per heavy atom. The molecule has 0 N–H and O–H groups in total. The molecule has 0 spiro atoms. The van der Waals surface area contributed by atoms with Crippen molar-refractivity contribution in [2.75, 3.05) is 7.11 Å². The van der Waals surface area contributed by atoms with Gasteiger partial charge < -0.3 is 9.15 Å². The van der Waals surface area contributed by atoms with Crippen LogP contribution in [0.15, 0.2) is 101 Å². The Labute approximate surface area is 207 Å². The van der Waals surface area contributed by atoms with Crippen molar-refractivity contribution in [2.24, 2.45) is 0 Å². The molecule has 0 radical (unpaired) electrons. The van der Waals surface area contributed by atoms with Gasteiger partial charge in [-0.1, -0.05) is 84.4 Å². The van der Waals surface area contributed by atoms with E-state index in [2.05, 4.69) is 0 Å². The van der Waals surface area contributed by atoms with E-state index in [1.54, 1.807) is 24.3 Å². The Bertz CT molecular complexity index is 1530. The van der Waals surface area contributed by atoms with E-state index in [1.807, 2.05) is 72.8 Å².